The molecule has 3 nitrogen and oxygen atoms in total. The average molecular weight is 293 g/mol. The standard InChI is InChI=1S/C15H29ClO3/c1-10(2)8-18-14(19-9-11(3)4)12(13(16)17)15(5,6)7/h10-12,14H,8-9H2,1-7H3. The molecule has 1 atom stereocenters. The van der Waals surface area contributed by atoms with Gasteiger partial charge in [-0.1, -0.05) is 48.5 Å². The largest absolute Gasteiger partial charge is 0.352 e. The number of ether oxygens (including phenoxy) is 2. The zero-order valence-corrected chi connectivity index (χ0v) is 14.1. The van der Waals surface area contributed by atoms with Crippen molar-refractivity contribution in [1.29, 1.82) is 0 Å². The Hall–Kier alpha value is -0.120. The number of carbonyl (C=O) groups excluding carboxylic acids is 1. The number of carbonyl (C=O) groups is 1. The Morgan fingerprint density at radius 3 is 1.58 bits per heavy atom. The molecule has 0 radical (unpaired) electrons. The highest BCUT2D eigenvalue weighted by molar-refractivity contribution is 6.64. The van der Waals surface area contributed by atoms with Crippen molar-refractivity contribution < 1.29 is 14.3 Å². The summed E-state index contributed by atoms with van der Waals surface area (Å²) in [5.41, 5.74) is -0.294. The van der Waals surface area contributed by atoms with E-state index in [0.29, 0.717) is 25.0 Å². The Kier molecular flexibility index (Phi) is 8.18. The first-order chi connectivity index (χ1) is 8.55. The SMILES string of the molecule is CC(C)COC(OCC(C)C)C(C(=O)Cl)C(C)(C)C. The maximum Gasteiger partial charge on any atom is 0.230 e. The number of rotatable bonds is 8. The number of halogens is 1. The Bertz CT molecular complexity index is 257. The van der Waals surface area contributed by atoms with Gasteiger partial charge in [-0.15, -0.1) is 0 Å². The van der Waals surface area contributed by atoms with E-state index in [1.165, 1.54) is 0 Å². The lowest BCUT2D eigenvalue weighted by atomic mass is 9.81. The van der Waals surface area contributed by atoms with Crippen LogP contribution in [0.1, 0.15) is 48.5 Å². The summed E-state index contributed by atoms with van der Waals surface area (Å²) in [5, 5.41) is -0.398. The smallest absolute Gasteiger partial charge is 0.230 e. The highest BCUT2D eigenvalue weighted by Crippen LogP contribution is 2.33. The van der Waals surface area contributed by atoms with Crippen molar-refractivity contribution in [1.82, 2.24) is 0 Å². The maximum absolute atomic E-state index is 11.7. The van der Waals surface area contributed by atoms with E-state index in [1.54, 1.807) is 0 Å². The lowest BCUT2D eigenvalue weighted by molar-refractivity contribution is -0.197. The molecule has 0 aliphatic heterocycles. The van der Waals surface area contributed by atoms with Crippen molar-refractivity contribution >= 4 is 16.8 Å². The highest BCUT2D eigenvalue weighted by atomic mass is 35.5. The minimum Gasteiger partial charge on any atom is -0.352 e. The predicted octanol–water partition coefficient (Wildman–Crippen LogP) is 4.09. The van der Waals surface area contributed by atoms with Gasteiger partial charge in [-0.3, -0.25) is 4.79 Å². The maximum atomic E-state index is 11.7. The van der Waals surface area contributed by atoms with Gasteiger partial charge in [-0.2, -0.15) is 0 Å². The highest BCUT2D eigenvalue weighted by Gasteiger charge is 2.39. The van der Waals surface area contributed by atoms with Crippen molar-refractivity contribution in [3.05, 3.63) is 0 Å². The summed E-state index contributed by atoms with van der Waals surface area (Å²) < 4.78 is 11.6. The molecule has 0 heterocycles. The Balaban J connectivity index is 4.88. The van der Waals surface area contributed by atoms with Gasteiger partial charge >= 0.3 is 0 Å². The molecule has 0 fully saturated rings. The molecular weight excluding hydrogens is 264 g/mol. The first kappa shape index (κ1) is 18.9. The second-order valence-corrected chi connectivity index (χ2v) is 7.34. The molecular formula is C15H29ClO3. The Morgan fingerprint density at radius 1 is 1.00 bits per heavy atom. The van der Waals surface area contributed by atoms with Crippen molar-refractivity contribution in [3.63, 3.8) is 0 Å². The molecule has 1 unspecified atom stereocenters. The quantitative estimate of drug-likeness (QED) is 0.499. The van der Waals surface area contributed by atoms with Crippen LogP contribution in [-0.2, 0) is 14.3 Å². The lowest BCUT2D eigenvalue weighted by Crippen LogP contribution is -2.41. The normalized spacial score (nSPS) is 14.5. The van der Waals surface area contributed by atoms with Gasteiger partial charge in [0.15, 0.2) is 6.29 Å². The zero-order valence-electron chi connectivity index (χ0n) is 13.3. The Morgan fingerprint density at radius 2 is 1.37 bits per heavy atom. The van der Waals surface area contributed by atoms with Gasteiger partial charge in [0, 0.05) is 0 Å². The second-order valence-electron chi connectivity index (χ2n) is 6.97. The van der Waals surface area contributed by atoms with Crippen molar-refractivity contribution in [2.75, 3.05) is 13.2 Å². The molecule has 0 amide bonds. The third-order valence-corrected chi connectivity index (χ3v) is 2.87. The number of hydrogen-bond donors (Lipinski definition) is 0. The van der Waals surface area contributed by atoms with Crippen LogP contribution in [-0.4, -0.2) is 24.7 Å². The molecule has 0 saturated heterocycles. The molecule has 0 bridgehead atoms. The molecule has 19 heavy (non-hydrogen) atoms. The molecule has 0 aromatic rings. The molecule has 0 aromatic carbocycles. The first-order valence-corrected chi connectivity index (χ1v) is 7.36. The van der Waals surface area contributed by atoms with E-state index in [9.17, 15) is 4.79 Å². The number of hydrogen-bond acceptors (Lipinski definition) is 3. The summed E-state index contributed by atoms with van der Waals surface area (Å²) in [6, 6.07) is 0. The van der Waals surface area contributed by atoms with E-state index < -0.39 is 17.5 Å². The molecule has 0 rings (SSSR count). The lowest BCUT2D eigenvalue weighted by Gasteiger charge is -2.34. The second kappa shape index (κ2) is 8.23. The average Bonchev–Trinajstić information content (AvgIpc) is 2.18. The summed E-state index contributed by atoms with van der Waals surface area (Å²) in [6.45, 7) is 15.3. The van der Waals surface area contributed by atoms with Crippen molar-refractivity contribution in [3.8, 4) is 0 Å². The molecule has 114 valence electrons. The monoisotopic (exact) mass is 292 g/mol. The molecule has 0 spiro atoms. The van der Waals surface area contributed by atoms with Crippen LogP contribution in [0.2, 0.25) is 0 Å². The van der Waals surface area contributed by atoms with E-state index in [-0.39, 0.29) is 5.41 Å². The van der Waals surface area contributed by atoms with Gasteiger partial charge in [0.25, 0.3) is 0 Å². The third-order valence-electron chi connectivity index (χ3n) is 2.64. The van der Waals surface area contributed by atoms with Crippen LogP contribution in [0.15, 0.2) is 0 Å². The fraction of sp³-hybridized carbons (Fsp3) is 0.933. The minimum absolute atomic E-state index is 0.294. The Labute approximate surface area is 123 Å². The first-order valence-electron chi connectivity index (χ1n) is 6.98. The van der Waals surface area contributed by atoms with E-state index in [1.807, 2.05) is 20.8 Å². The van der Waals surface area contributed by atoms with Gasteiger partial charge in [-0.05, 0) is 28.9 Å². The van der Waals surface area contributed by atoms with E-state index in [4.69, 9.17) is 21.1 Å². The fourth-order valence-corrected chi connectivity index (χ4v) is 2.10. The zero-order chi connectivity index (χ0) is 15.2. The third kappa shape index (κ3) is 7.91. The van der Waals surface area contributed by atoms with Crippen LogP contribution in [0.3, 0.4) is 0 Å². The minimum atomic E-state index is -0.574. The van der Waals surface area contributed by atoms with Crippen LogP contribution in [0, 0.1) is 23.2 Å². The summed E-state index contributed by atoms with van der Waals surface area (Å²) in [4.78, 5) is 11.7. The van der Waals surface area contributed by atoms with Crippen LogP contribution in [0.25, 0.3) is 0 Å². The fourth-order valence-electron chi connectivity index (χ4n) is 1.67. The molecule has 0 aromatic heterocycles. The van der Waals surface area contributed by atoms with Crippen LogP contribution >= 0.6 is 11.6 Å². The molecule has 0 aliphatic carbocycles. The van der Waals surface area contributed by atoms with Gasteiger partial charge < -0.3 is 9.47 Å². The molecule has 0 N–H and O–H groups in total. The predicted molar refractivity (Wildman–Crippen MR) is 79.2 cm³/mol. The molecule has 0 saturated carbocycles. The van der Waals surface area contributed by atoms with E-state index in [0.717, 1.165) is 0 Å². The van der Waals surface area contributed by atoms with Crippen molar-refractivity contribution in [2.45, 2.75) is 54.8 Å². The summed E-state index contributed by atoms with van der Waals surface area (Å²) in [7, 11) is 0. The van der Waals surface area contributed by atoms with E-state index >= 15 is 0 Å². The summed E-state index contributed by atoms with van der Waals surface area (Å²) in [6.07, 6.45) is -0.574. The van der Waals surface area contributed by atoms with Gasteiger partial charge in [0.1, 0.15) is 0 Å². The van der Waals surface area contributed by atoms with E-state index in [2.05, 4.69) is 27.7 Å². The van der Waals surface area contributed by atoms with Crippen LogP contribution in [0.5, 0.6) is 0 Å². The topological polar surface area (TPSA) is 35.5 Å². The van der Waals surface area contributed by atoms with Gasteiger partial charge in [0.2, 0.25) is 5.24 Å². The van der Waals surface area contributed by atoms with Crippen molar-refractivity contribution in [2.24, 2.45) is 23.2 Å². The van der Waals surface area contributed by atoms with Crippen LogP contribution in [0.4, 0.5) is 0 Å². The van der Waals surface area contributed by atoms with Crippen LogP contribution < -0.4 is 0 Å². The van der Waals surface area contributed by atoms with Gasteiger partial charge in [-0.25, -0.2) is 0 Å². The molecule has 0 aliphatic rings. The van der Waals surface area contributed by atoms with Gasteiger partial charge in [0.05, 0.1) is 19.1 Å². The molecule has 4 heteroatoms. The summed E-state index contributed by atoms with van der Waals surface area (Å²) in [5.74, 6) is 0.305. The summed E-state index contributed by atoms with van der Waals surface area (Å²) >= 11 is 5.75.